The van der Waals surface area contributed by atoms with Crippen molar-refractivity contribution in [1.82, 2.24) is 0 Å². The van der Waals surface area contributed by atoms with E-state index in [0.717, 1.165) is 12.8 Å². The van der Waals surface area contributed by atoms with Gasteiger partial charge in [0.2, 0.25) is 8.32 Å². The summed E-state index contributed by atoms with van der Waals surface area (Å²) in [6.07, 6.45) is 5.31. The Morgan fingerprint density at radius 1 is 1.11 bits per heavy atom. The van der Waals surface area contributed by atoms with Gasteiger partial charge in [-0.1, -0.05) is 47.6 Å². The molecule has 0 radical (unpaired) electrons. The van der Waals surface area contributed by atoms with Crippen LogP contribution in [-0.4, -0.2) is 20.2 Å². The highest BCUT2D eigenvalue weighted by molar-refractivity contribution is 6.77. The Morgan fingerprint density at radius 2 is 1.61 bits per heavy atom. The molecule has 1 rings (SSSR count). The zero-order valence-electron chi connectivity index (χ0n) is 12.7. The van der Waals surface area contributed by atoms with Crippen molar-refractivity contribution in [1.29, 1.82) is 0 Å². The second-order valence-corrected chi connectivity index (χ2v) is 11.7. The summed E-state index contributed by atoms with van der Waals surface area (Å²) in [5.41, 5.74) is 1.61. The lowest BCUT2D eigenvalue weighted by Crippen LogP contribution is -2.51. The molecular weight excluding hydrogens is 240 g/mol. The van der Waals surface area contributed by atoms with Gasteiger partial charge in [-0.15, -0.1) is 0 Å². The first kappa shape index (κ1) is 15.6. The van der Waals surface area contributed by atoms with Crippen LogP contribution in [0.2, 0.25) is 16.6 Å². The Kier molecular flexibility index (Phi) is 5.35. The SMILES string of the molecule is CC(C)[Si](OC1CCC=CC1=O)(C(C)C)C(C)C. The van der Waals surface area contributed by atoms with Crippen LogP contribution in [0, 0.1) is 0 Å². The van der Waals surface area contributed by atoms with E-state index >= 15 is 0 Å². The minimum atomic E-state index is -1.91. The van der Waals surface area contributed by atoms with Gasteiger partial charge >= 0.3 is 0 Å². The Morgan fingerprint density at radius 3 is 2.00 bits per heavy atom. The van der Waals surface area contributed by atoms with Gasteiger partial charge in [0.25, 0.3) is 0 Å². The lowest BCUT2D eigenvalue weighted by atomic mass is 10.0. The van der Waals surface area contributed by atoms with Crippen molar-refractivity contribution in [3.05, 3.63) is 12.2 Å². The third-order valence-corrected chi connectivity index (χ3v) is 10.4. The topological polar surface area (TPSA) is 26.3 Å². The Balaban J connectivity index is 2.97. The van der Waals surface area contributed by atoms with Gasteiger partial charge in [0.05, 0.1) is 0 Å². The molecule has 1 atom stereocenters. The van der Waals surface area contributed by atoms with E-state index in [1.165, 1.54) is 0 Å². The third kappa shape index (κ3) is 2.94. The largest absolute Gasteiger partial charge is 0.406 e. The number of hydrogen-bond acceptors (Lipinski definition) is 2. The third-order valence-electron chi connectivity index (χ3n) is 4.25. The van der Waals surface area contributed by atoms with Crippen LogP contribution in [0.25, 0.3) is 0 Å². The molecule has 0 heterocycles. The fourth-order valence-electron chi connectivity index (χ4n) is 3.47. The molecule has 0 aliphatic heterocycles. The molecule has 1 aliphatic carbocycles. The highest BCUT2D eigenvalue weighted by atomic mass is 28.4. The van der Waals surface area contributed by atoms with Crippen molar-refractivity contribution in [3.63, 3.8) is 0 Å². The van der Waals surface area contributed by atoms with E-state index in [2.05, 4.69) is 41.5 Å². The molecule has 104 valence electrons. The molecule has 0 saturated carbocycles. The number of carbonyl (C=O) groups excluding carboxylic acids is 1. The lowest BCUT2D eigenvalue weighted by Gasteiger charge is -2.44. The number of rotatable bonds is 5. The second-order valence-electron chi connectivity index (χ2n) is 6.31. The van der Waals surface area contributed by atoms with Gasteiger partial charge in [-0.25, -0.2) is 0 Å². The predicted octanol–water partition coefficient (Wildman–Crippen LogP) is 4.47. The molecule has 0 bridgehead atoms. The van der Waals surface area contributed by atoms with Gasteiger partial charge in [0.1, 0.15) is 6.10 Å². The van der Waals surface area contributed by atoms with E-state index in [9.17, 15) is 4.79 Å². The molecule has 0 amide bonds. The molecule has 18 heavy (non-hydrogen) atoms. The van der Waals surface area contributed by atoms with Gasteiger partial charge in [-0.05, 0) is 35.5 Å². The van der Waals surface area contributed by atoms with Gasteiger partial charge in [0.15, 0.2) is 5.78 Å². The van der Waals surface area contributed by atoms with Crippen LogP contribution >= 0.6 is 0 Å². The molecule has 0 aromatic carbocycles. The molecule has 1 unspecified atom stereocenters. The average molecular weight is 268 g/mol. The van der Waals surface area contributed by atoms with E-state index in [-0.39, 0.29) is 11.9 Å². The maximum Gasteiger partial charge on any atom is 0.201 e. The smallest absolute Gasteiger partial charge is 0.201 e. The van der Waals surface area contributed by atoms with Crippen molar-refractivity contribution in [2.45, 2.75) is 77.1 Å². The Bertz CT molecular complexity index is 297. The molecule has 0 aromatic heterocycles. The molecule has 3 heteroatoms. The average Bonchev–Trinajstić information content (AvgIpc) is 2.26. The first-order valence-electron chi connectivity index (χ1n) is 7.20. The molecule has 0 spiro atoms. The summed E-state index contributed by atoms with van der Waals surface area (Å²) in [5, 5.41) is 0. The van der Waals surface area contributed by atoms with Crippen molar-refractivity contribution < 1.29 is 9.22 Å². The molecule has 1 aliphatic rings. The summed E-state index contributed by atoms with van der Waals surface area (Å²) in [6.45, 7) is 13.6. The van der Waals surface area contributed by atoms with Gasteiger partial charge in [-0.2, -0.15) is 0 Å². The maximum atomic E-state index is 12.0. The minimum absolute atomic E-state index is 0.167. The molecule has 0 N–H and O–H groups in total. The fraction of sp³-hybridized carbons (Fsp3) is 0.800. The van der Waals surface area contributed by atoms with E-state index in [1.807, 2.05) is 6.08 Å². The normalized spacial score (nSPS) is 21.4. The second kappa shape index (κ2) is 6.16. The molecular formula is C15H28O2Si. The van der Waals surface area contributed by atoms with Crippen LogP contribution in [0.3, 0.4) is 0 Å². The van der Waals surface area contributed by atoms with Crippen LogP contribution in [0.5, 0.6) is 0 Å². The van der Waals surface area contributed by atoms with Crippen molar-refractivity contribution in [2.24, 2.45) is 0 Å². The first-order chi connectivity index (χ1) is 8.32. The zero-order valence-corrected chi connectivity index (χ0v) is 13.7. The van der Waals surface area contributed by atoms with Crippen LogP contribution in [-0.2, 0) is 9.22 Å². The summed E-state index contributed by atoms with van der Waals surface area (Å²) in [6, 6.07) is 0. The summed E-state index contributed by atoms with van der Waals surface area (Å²) >= 11 is 0. The highest BCUT2D eigenvalue weighted by Crippen LogP contribution is 2.43. The quantitative estimate of drug-likeness (QED) is 0.688. The highest BCUT2D eigenvalue weighted by Gasteiger charge is 2.47. The monoisotopic (exact) mass is 268 g/mol. The number of hydrogen-bond donors (Lipinski definition) is 0. The summed E-state index contributed by atoms with van der Waals surface area (Å²) in [4.78, 5) is 12.0. The molecule has 0 fully saturated rings. The van der Waals surface area contributed by atoms with Crippen LogP contribution in [0.4, 0.5) is 0 Å². The standard InChI is InChI=1S/C15H28O2Si/c1-11(2)18(12(3)4,13(5)6)17-15-10-8-7-9-14(15)16/h7,9,11-13,15H,8,10H2,1-6H3. The van der Waals surface area contributed by atoms with Crippen LogP contribution < -0.4 is 0 Å². The molecule has 2 nitrogen and oxygen atoms in total. The predicted molar refractivity (Wildman–Crippen MR) is 79.3 cm³/mol. The summed E-state index contributed by atoms with van der Waals surface area (Å²) in [5.74, 6) is 0.167. The van der Waals surface area contributed by atoms with Gasteiger partial charge in [0, 0.05) is 0 Å². The van der Waals surface area contributed by atoms with Gasteiger partial charge in [-0.3, -0.25) is 4.79 Å². The summed E-state index contributed by atoms with van der Waals surface area (Å²) in [7, 11) is -1.91. The lowest BCUT2D eigenvalue weighted by molar-refractivity contribution is -0.122. The summed E-state index contributed by atoms with van der Waals surface area (Å²) < 4.78 is 6.51. The van der Waals surface area contributed by atoms with Crippen molar-refractivity contribution in [2.75, 3.05) is 0 Å². The van der Waals surface area contributed by atoms with E-state index in [4.69, 9.17) is 4.43 Å². The van der Waals surface area contributed by atoms with Crippen molar-refractivity contribution >= 4 is 14.1 Å². The number of carbonyl (C=O) groups is 1. The van der Waals surface area contributed by atoms with Gasteiger partial charge < -0.3 is 4.43 Å². The van der Waals surface area contributed by atoms with E-state index < -0.39 is 8.32 Å². The maximum absolute atomic E-state index is 12.0. The van der Waals surface area contributed by atoms with Crippen LogP contribution in [0.15, 0.2) is 12.2 Å². The number of ketones is 1. The molecule has 0 aromatic rings. The minimum Gasteiger partial charge on any atom is -0.406 e. The fourth-order valence-corrected chi connectivity index (χ4v) is 9.01. The zero-order chi connectivity index (χ0) is 13.9. The van der Waals surface area contributed by atoms with Crippen LogP contribution in [0.1, 0.15) is 54.4 Å². The first-order valence-corrected chi connectivity index (χ1v) is 9.34. The van der Waals surface area contributed by atoms with Crippen molar-refractivity contribution in [3.8, 4) is 0 Å². The Labute approximate surface area is 113 Å². The number of allylic oxidation sites excluding steroid dienone is 1. The van der Waals surface area contributed by atoms with E-state index in [0.29, 0.717) is 16.6 Å². The van der Waals surface area contributed by atoms with E-state index in [1.54, 1.807) is 6.08 Å². The molecule has 0 saturated heterocycles. The Hall–Kier alpha value is -0.413.